The number of nitrogens with one attached hydrogen (secondary N) is 1. The van der Waals surface area contributed by atoms with Gasteiger partial charge in [0.1, 0.15) is 17.0 Å². The minimum atomic E-state index is -0.843. The minimum Gasteiger partial charge on any atom is -0.462 e. The molecular formula is C23H34N6O5. The first-order valence-electron chi connectivity index (χ1n) is 11.4. The zero-order valence-electron chi connectivity index (χ0n) is 20.8. The molecule has 1 N–H and O–H groups in total. The van der Waals surface area contributed by atoms with Gasteiger partial charge in [-0.3, -0.25) is 4.90 Å². The second-order valence-electron chi connectivity index (χ2n) is 9.65. The quantitative estimate of drug-likeness (QED) is 0.599. The molecule has 11 heteroatoms. The van der Waals surface area contributed by atoms with E-state index >= 15 is 0 Å². The number of anilines is 1. The number of ether oxygens (including phenoxy) is 2. The van der Waals surface area contributed by atoms with Crippen LogP contribution in [0.4, 0.5) is 10.6 Å². The molecule has 34 heavy (non-hydrogen) atoms. The fourth-order valence-electron chi connectivity index (χ4n) is 3.42. The smallest absolute Gasteiger partial charge is 0.408 e. The van der Waals surface area contributed by atoms with Crippen molar-refractivity contribution in [2.75, 3.05) is 37.7 Å². The topological polar surface area (TPSA) is 123 Å². The highest BCUT2D eigenvalue weighted by Crippen LogP contribution is 2.20. The van der Waals surface area contributed by atoms with Gasteiger partial charge in [-0.2, -0.15) is 4.98 Å². The Balaban J connectivity index is 1.51. The van der Waals surface area contributed by atoms with E-state index in [2.05, 4.69) is 30.2 Å². The second-order valence-corrected chi connectivity index (χ2v) is 9.65. The number of pyridine rings is 1. The number of rotatable bonds is 7. The number of carbonyl (C=O) groups is 2. The molecule has 2 aromatic rings. The van der Waals surface area contributed by atoms with Crippen LogP contribution in [0, 0.1) is 0 Å². The van der Waals surface area contributed by atoms with Crippen LogP contribution in [0.3, 0.4) is 0 Å². The van der Waals surface area contributed by atoms with Crippen LogP contribution in [0.1, 0.15) is 63.6 Å². The number of esters is 1. The van der Waals surface area contributed by atoms with Crippen molar-refractivity contribution in [1.82, 2.24) is 25.3 Å². The van der Waals surface area contributed by atoms with E-state index in [-0.39, 0.29) is 5.97 Å². The van der Waals surface area contributed by atoms with Crippen molar-refractivity contribution in [1.29, 1.82) is 0 Å². The maximum atomic E-state index is 12.1. The Morgan fingerprint density at radius 2 is 1.82 bits per heavy atom. The lowest BCUT2D eigenvalue weighted by Gasteiger charge is -2.34. The highest BCUT2D eigenvalue weighted by atomic mass is 16.6. The van der Waals surface area contributed by atoms with E-state index in [1.165, 1.54) is 0 Å². The number of piperazine rings is 1. The third-order valence-electron chi connectivity index (χ3n) is 5.15. The van der Waals surface area contributed by atoms with Crippen molar-refractivity contribution >= 4 is 17.9 Å². The molecule has 0 spiro atoms. The maximum absolute atomic E-state index is 12.1. The maximum Gasteiger partial charge on any atom is 0.408 e. The Morgan fingerprint density at radius 3 is 2.41 bits per heavy atom. The summed E-state index contributed by atoms with van der Waals surface area (Å²) in [5.74, 6) is 1.33. The molecular weight excluding hydrogens is 440 g/mol. The highest BCUT2D eigenvalue weighted by molar-refractivity contribution is 5.89. The third-order valence-corrected chi connectivity index (χ3v) is 5.15. The molecule has 3 rings (SSSR count). The second kappa shape index (κ2) is 10.4. The van der Waals surface area contributed by atoms with Crippen LogP contribution in [0.15, 0.2) is 22.9 Å². The molecule has 1 saturated heterocycles. The van der Waals surface area contributed by atoms with Crippen LogP contribution in [0.25, 0.3) is 0 Å². The number of nitrogens with zero attached hydrogens (tertiary/aromatic N) is 5. The van der Waals surface area contributed by atoms with E-state index in [1.807, 2.05) is 6.07 Å². The molecule has 0 aliphatic carbocycles. The zero-order chi connectivity index (χ0) is 24.9. The number of hydrogen-bond acceptors (Lipinski definition) is 10. The van der Waals surface area contributed by atoms with E-state index in [4.69, 9.17) is 14.0 Å². The normalized spacial score (nSPS) is 15.2. The average Bonchev–Trinajstić information content (AvgIpc) is 3.22. The molecule has 1 aliphatic heterocycles. The molecule has 0 bridgehead atoms. The lowest BCUT2D eigenvalue weighted by molar-refractivity contribution is 0.0463. The molecule has 186 valence electrons. The summed E-state index contributed by atoms with van der Waals surface area (Å²) >= 11 is 0. The Hall–Kier alpha value is -3.21. The number of carbonyl (C=O) groups excluding carboxylic acids is 2. The fourth-order valence-corrected chi connectivity index (χ4v) is 3.42. The number of alkyl carbamates (subject to hydrolysis) is 1. The van der Waals surface area contributed by atoms with Crippen molar-refractivity contribution in [3.8, 4) is 0 Å². The summed E-state index contributed by atoms with van der Waals surface area (Å²) in [5.41, 5.74) is -0.992. The van der Waals surface area contributed by atoms with Gasteiger partial charge in [0, 0.05) is 32.4 Å². The van der Waals surface area contributed by atoms with Gasteiger partial charge >= 0.3 is 12.1 Å². The molecule has 0 aromatic carbocycles. The molecule has 0 saturated carbocycles. The summed E-state index contributed by atoms with van der Waals surface area (Å²) < 4.78 is 15.8. The van der Waals surface area contributed by atoms with Crippen LogP contribution in [-0.4, -0.2) is 70.5 Å². The van der Waals surface area contributed by atoms with Crippen molar-refractivity contribution < 1.29 is 23.6 Å². The van der Waals surface area contributed by atoms with Crippen LogP contribution in [0.2, 0.25) is 0 Å². The van der Waals surface area contributed by atoms with Gasteiger partial charge in [-0.25, -0.2) is 14.6 Å². The molecule has 3 heterocycles. The first kappa shape index (κ1) is 25.4. The molecule has 1 fully saturated rings. The minimum absolute atomic E-state index is 0.335. The summed E-state index contributed by atoms with van der Waals surface area (Å²) in [4.78, 5) is 37.2. The third kappa shape index (κ3) is 6.89. The Kier molecular flexibility index (Phi) is 7.75. The Morgan fingerprint density at radius 1 is 1.12 bits per heavy atom. The van der Waals surface area contributed by atoms with E-state index in [0.29, 0.717) is 30.4 Å². The van der Waals surface area contributed by atoms with Gasteiger partial charge in [0.2, 0.25) is 5.89 Å². The first-order chi connectivity index (χ1) is 16.0. The van der Waals surface area contributed by atoms with Crippen molar-refractivity contribution in [3.63, 3.8) is 0 Å². The summed E-state index contributed by atoms with van der Waals surface area (Å²) in [5, 5.41) is 6.85. The predicted octanol–water partition coefficient (Wildman–Crippen LogP) is 2.72. The molecule has 1 aliphatic rings. The Labute approximate surface area is 199 Å². The van der Waals surface area contributed by atoms with Crippen LogP contribution in [0.5, 0.6) is 0 Å². The monoisotopic (exact) mass is 474 g/mol. The highest BCUT2D eigenvalue weighted by Gasteiger charge is 2.31. The van der Waals surface area contributed by atoms with Gasteiger partial charge in [-0.05, 0) is 53.7 Å². The van der Waals surface area contributed by atoms with Gasteiger partial charge in [0.05, 0.1) is 18.7 Å². The van der Waals surface area contributed by atoms with Crippen LogP contribution >= 0.6 is 0 Å². The summed E-state index contributed by atoms with van der Waals surface area (Å²) in [7, 11) is 0. The first-order valence-corrected chi connectivity index (χ1v) is 11.4. The lowest BCUT2D eigenvalue weighted by atomic mass is 10.1. The fraction of sp³-hybridized carbons (Fsp3) is 0.609. The van der Waals surface area contributed by atoms with E-state index < -0.39 is 17.2 Å². The predicted molar refractivity (Wildman–Crippen MR) is 124 cm³/mol. The number of hydrogen-bond donors (Lipinski definition) is 1. The standard InChI is InChI=1S/C23H34N6O5/c1-7-32-19(30)16-8-9-17(24-14-16)29-12-10-28(11-13-29)15-18-25-20(27-34-18)23(5,6)26-21(31)33-22(2,3)4/h8-9,14H,7,10-13,15H2,1-6H3,(H,26,31). The molecule has 1 amide bonds. The number of amides is 1. The largest absolute Gasteiger partial charge is 0.462 e. The Bertz CT molecular complexity index is 974. The zero-order valence-corrected chi connectivity index (χ0v) is 20.8. The van der Waals surface area contributed by atoms with Crippen molar-refractivity contribution in [2.45, 2.75) is 59.2 Å². The molecule has 2 aromatic heterocycles. The molecule has 11 nitrogen and oxygen atoms in total. The summed E-state index contributed by atoms with van der Waals surface area (Å²) in [6, 6.07) is 3.58. The molecule has 0 radical (unpaired) electrons. The van der Waals surface area contributed by atoms with E-state index in [1.54, 1.807) is 53.8 Å². The molecule has 0 unspecified atom stereocenters. The number of aromatic nitrogens is 3. The van der Waals surface area contributed by atoms with Crippen molar-refractivity contribution in [3.05, 3.63) is 35.6 Å². The van der Waals surface area contributed by atoms with Gasteiger partial charge < -0.3 is 24.2 Å². The van der Waals surface area contributed by atoms with Crippen LogP contribution < -0.4 is 10.2 Å². The molecule has 0 atom stereocenters. The van der Waals surface area contributed by atoms with E-state index in [9.17, 15) is 9.59 Å². The van der Waals surface area contributed by atoms with Gasteiger partial charge in [-0.15, -0.1) is 0 Å². The SMILES string of the molecule is CCOC(=O)c1ccc(N2CCN(Cc3nc(C(C)(C)NC(=O)OC(C)(C)C)no3)CC2)nc1. The van der Waals surface area contributed by atoms with Crippen molar-refractivity contribution in [2.24, 2.45) is 0 Å². The average molecular weight is 475 g/mol. The van der Waals surface area contributed by atoms with E-state index in [0.717, 1.165) is 32.0 Å². The van der Waals surface area contributed by atoms with Gasteiger partial charge in [-0.1, -0.05) is 5.16 Å². The lowest BCUT2D eigenvalue weighted by Crippen LogP contribution is -2.46. The summed E-state index contributed by atoms with van der Waals surface area (Å²) in [6.45, 7) is 14.8. The van der Waals surface area contributed by atoms with Gasteiger partial charge in [0.15, 0.2) is 5.82 Å². The van der Waals surface area contributed by atoms with Crippen LogP contribution in [-0.2, 0) is 21.6 Å². The van der Waals surface area contributed by atoms with Gasteiger partial charge in [0.25, 0.3) is 0 Å². The summed E-state index contributed by atoms with van der Waals surface area (Å²) in [6.07, 6.45) is 1.01.